The summed E-state index contributed by atoms with van der Waals surface area (Å²) in [6.45, 7) is 4.85. The minimum absolute atomic E-state index is 0.202. The number of nitrogens with one attached hydrogen (secondary N) is 1. The number of aryl methyl sites for hydroxylation is 1. The lowest BCUT2D eigenvalue weighted by molar-refractivity contribution is -0.114. The van der Waals surface area contributed by atoms with E-state index in [1.807, 2.05) is 17.0 Å². The van der Waals surface area contributed by atoms with E-state index in [2.05, 4.69) is 20.4 Å². The quantitative estimate of drug-likeness (QED) is 0.637. The number of aromatic nitrogens is 4. The van der Waals surface area contributed by atoms with E-state index in [0.717, 1.165) is 5.82 Å². The van der Waals surface area contributed by atoms with Crippen LogP contribution in [0.4, 0.5) is 11.5 Å². The Morgan fingerprint density at radius 1 is 1.06 bits per heavy atom. The highest BCUT2D eigenvalue weighted by Crippen LogP contribution is 2.25. The first-order valence-electron chi connectivity index (χ1n) is 9.80. The van der Waals surface area contributed by atoms with Gasteiger partial charge in [-0.05, 0) is 36.8 Å². The number of anilines is 2. The van der Waals surface area contributed by atoms with E-state index >= 15 is 0 Å². The number of rotatable bonds is 5. The third kappa shape index (κ3) is 4.42. The minimum Gasteiger partial charge on any atom is -0.354 e. The molecule has 1 aliphatic heterocycles. The van der Waals surface area contributed by atoms with Crippen molar-refractivity contribution in [3.63, 3.8) is 0 Å². The number of hydrogen-bond donors (Lipinski definition) is 1. The number of amides is 1. The second-order valence-electron chi connectivity index (χ2n) is 7.24. The highest BCUT2D eigenvalue weighted by Gasteiger charge is 2.30. The normalized spacial score (nSPS) is 15.1. The van der Waals surface area contributed by atoms with Gasteiger partial charge in [-0.15, -0.1) is 0 Å². The van der Waals surface area contributed by atoms with Crippen LogP contribution < -0.4 is 10.2 Å². The molecule has 31 heavy (non-hydrogen) atoms. The molecule has 3 aromatic rings. The van der Waals surface area contributed by atoms with Crippen molar-refractivity contribution >= 4 is 27.4 Å². The Morgan fingerprint density at radius 2 is 1.81 bits per heavy atom. The molecule has 0 atom stereocenters. The summed E-state index contributed by atoms with van der Waals surface area (Å²) < 4.78 is 29.5. The third-order valence-electron chi connectivity index (χ3n) is 5.05. The fraction of sp³-hybridized carbons (Fsp3) is 0.300. The van der Waals surface area contributed by atoms with Crippen LogP contribution in [-0.2, 0) is 14.8 Å². The van der Waals surface area contributed by atoms with Crippen LogP contribution in [0.2, 0.25) is 0 Å². The molecule has 0 bridgehead atoms. The Morgan fingerprint density at radius 3 is 2.45 bits per heavy atom. The number of carbonyl (C=O) groups excluding carboxylic acids is 1. The van der Waals surface area contributed by atoms with Crippen LogP contribution in [-0.4, -0.2) is 64.6 Å². The van der Waals surface area contributed by atoms with Crippen molar-refractivity contribution in [1.29, 1.82) is 0 Å². The van der Waals surface area contributed by atoms with Crippen molar-refractivity contribution in [2.45, 2.75) is 18.7 Å². The molecular formula is C20H23N7O3S. The van der Waals surface area contributed by atoms with Crippen molar-refractivity contribution in [3.05, 3.63) is 54.6 Å². The van der Waals surface area contributed by atoms with Crippen molar-refractivity contribution < 1.29 is 13.2 Å². The molecule has 3 heterocycles. The maximum Gasteiger partial charge on any atom is 0.243 e. The molecule has 10 nitrogen and oxygen atoms in total. The molecule has 4 rings (SSSR count). The average Bonchev–Trinajstić information content (AvgIpc) is 3.28. The Bertz CT molecular complexity index is 1190. The molecule has 1 N–H and O–H groups in total. The number of piperazine rings is 1. The Hall–Kier alpha value is -3.31. The summed E-state index contributed by atoms with van der Waals surface area (Å²) in [4.78, 5) is 22.1. The van der Waals surface area contributed by atoms with Gasteiger partial charge in [0.2, 0.25) is 15.9 Å². The van der Waals surface area contributed by atoms with Crippen LogP contribution >= 0.6 is 0 Å². The van der Waals surface area contributed by atoms with Crippen LogP contribution in [0.5, 0.6) is 0 Å². The minimum atomic E-state index is -3.64. The number of carbonyl (C=O) groups is 1. The maximum atomic E-state index is 13.2. The van der Waals surface area contributed by atoms with E-state index in [9.17, 15) is 13.2 Å². The number of hydrogen-bond acceptors (Lipinski definition) is 7. The van der Waals surface area contributed by atoms with Crippen LogP contribution in [0.15, 0.2) is 53.9 Å². The Labute approximate surface area is 180 Å². The molecule has 1 fully saturated rings. The molecule has 2 aromatic heterocycles. The highest BCUT2D eigenvalue weighted by atomic mass is 32.2. The smallest absolute Gasteiger partial charge is 0.243 e. The SMILES string of the molecule is CC(=O)Nc1ccc(S(=O)(=O)N2CCN(c3cc(-n4cccn4)ncn3)CC2)c(C)c1. The van der Waals surface area contributed by atoms with Crippen LogP contribution in [0.25, 0.3) is 5.82 Å². The predicted octanol–water partition coefficient (Wildman–Crippen LogP) is 1.44. The first-order valence-corrected chi connectivity index (χ1v) is 11.2. The monoisotopic (exact) mass is 441 g/mol. The van der Waals surface area contributed by atoms with E-state index < -0.39 is 10.0 Å². The largest absolute Gasteiger partial charge is 0.354 e. The van der Waals surface area contributed by atoms with Crippen molar-refractivity contribution in [2.24, 2.45) is 0 Å². The summed E-state index contributed by atoms with van der Waals surface area (Å²) in [5.74, 6) is 1.18. The van der Waals surface area contributed by atoms with E-state index in [0.29, 0.717) is 43.2 Å². The van der Waals surface area contributed by atoms with Gasteiger partial charge in [-0.25, -0.2) is 23.1 Å². The number of benzene rings is 1. The highest BCUT2D eigenvalue weighted by molar-refractivity contribution is 7.89. The van der Waals surface area contributed by atoms with Gasteiger partial charge in [0.1, 0.15) is 12.1 Å². The van der Waals surface area contributed by atoms with Gasteiger partial charge in [0, 0.05) is 57.3 Å². The predicted molar refractivity (Wildman–Crippen MR) is 116 cm³/mol. The van der Waals surface area contributed by atoms with E-state index in [1.54, 1.807) is 42.2 Å². The maximum absolute atomic E-state index is 13.2. The second kappa shape index (κ2) is 8.44. The second-order valence-corrected chi connectivity index (χ2v) is 9.14. The van der Waals surface area contributed by atoms with Gasteiger partial charge < -0.3 is 10.2 Å². The van der Waals surface area contributed by atoms with Crippen LogP contribution in [0.3, 0.4) is 0 Å². The van der Waals surface area contributed by atoms with E-state index in [1.165, 1.54) is 17.6 Å². The Balaban J connectivity index is 1.47. The molecule has 1 aromatic carbocycles. The van der Waals surface area contributed by atoms with Crippen molar-refractivity contribution in [2.75, 3.05) is 36.4 Å². The molecular weight excluding hydrogens is 418 g/mol. The van der Waals surface area contributed by atoms with Gasteiger partial charge in [0.25, 0.3) is 0 Å². The molecule has 1 aliphatic rings. The Kier molecular flexibility index (Phi) is 5.70. The van der Waals surface area contributed by atoms with E-state index in [4.69, 9.17) is 0 Å². The standard InChI is InChI=1S/C20H23N7O3S/c1-15-12-17(24-16(2)28)4-5-18(15)31(29,30)26-10-8-25(9-11-26)19-13-20(22-14-21-19)27-7-3-6-23-27/h3-7,12-14H,8-11H2,1-2H3,(H,24,28). The summed E-state index contributed by atoms with van der Waals surface area (Å²) >= 11 is 0. The van der Waals surface area contributed by atoms with Gasteiger partial charge in [0.05, 0.1) is 4.90 Å². The molecule has 1 saturated heterocycles. The van der Waals surface area contributed by atoms with Gasteiger partial charge in [0.15, 0.2) is 5.82 Å². The van der Waals surface area contributed by atoms with Crippen molar-refractivity contribution in [3.8, 4) is 5.82 Å². The molecule has 0 saturated carbocycles. The topological polar surface area (TPSA) is 113 Å². The van der Waals surface area contributed by atoms with Gasteiger partial charge in [-0.3, -0.25) is 4.79 Å². The first-order chi connectivity index (χ1) is 14.8. The average molecular weight is 442 g/mol. The first kappa shape index (κ1) is 20.9. The third-order valence-corrected chi connectivity index (χ3v) is 7.11. The zero-order valence-electron chi connectivity index (χ0n) is 17.3. The zero-order chi connectivity index (χ0) is 22.0. The molecule has 0 spiro atoms. The molecule has 1 amide bonds. The summed E-state index contributed by atoms with van der Waals surface area (Å²) in [5, 5.41) is 6.85. The van der Waals surface area contributed by atoms with Crippen LogP contribution in [0.1, 0.15) is 12.5 Å². The van der Waals surface area contributed by atoms with Gasteiger partial charge in [-0.2, -0.15) is 9.40 Å². The summed E-state index contributed by atoms with van der Waals surface area (Å²) in [6.07, 6.45) is 4.96. The zero-order valence-corrected chi connectivity index (χ0v) is 18.1. The lowest BCUT2D eigenvalue weighted by Gasteiger charge is -2.35. The summed E-state index contributed by atoms with van der Waals surface area (Å²) in [5.41, 5.74) is 1.17. The van der Waals surface area contributed by atoms with Crippen molar-refractivity contribution in [1.82, 2.24) is 24.1 Å². The molecule has 0 radical (unpaired) electrons. The summed E-state index contributed by atoms with van der Waals surface area (Å²) in [6, 6.07) is 8.47. The van der Waals surface area contributed by atoms with Crippen LogP contribution in [0, 0.1) is 6.92 Å². The molecule has 11 heteroatoms. The number of nitrogens with zero attached hydrogens (tertiary/aromatic N) is 6. The lowest BCUT2D eigenvalue weighted by Crippen LogP contribution is -2.49. The molecule has 162 valence electrons. The fourth-order valence-electron chi connectivity index (χ4n) is 3.56. The molecule has 0 unspecified atom stereocenters. The van der Waals surface area contributed by atoms with E-state index in [-0.39, 0.29) is 10.8 Å². The lowest BCUT2D eigenvalue weighted by atomic mass is 10.2. The molecule has 0 aliphatic carbocycles. The van der Waals surface area contributed by atoms with Gasteiger partial charge in [-0.1, -0.05) is 0 Å². The number of sulfonamides is 1. The fourth-order valence-corrected chi connectivity index (χ4v) is 5.18. The van der Waals surface area contributed by atoms with Gasteiger partial charge >= 0.3 is 0 Å². The summed E-state index contributed by atoms with van der Waals surface area (Å²) in [7, 11) is -3.64.